The molecule has 3 aliphatic rings. The number of benzene rings is 4. The summed E-state index contributed by atoms with van der Waals surface area (Å²) in [6.45, 7) is 6.42. The van der Waals surface area contributed by atoms with E-state index in [1.165, 1.54) is 0 Å². The maximum atomic E-state index is 13.6. The van der Waals surface area contributed by atoms with E-state index >= 15 is 0 Å². The highest BCUT2D eigenvalue weighted by Crippen LogP contribution is 2.63. The fourth-order valence-corrected chi connectivity index (χ4v) is 6.84. The van der Waals surface area contributed by atoms with Gasteiger partial charge in [-0.1, -0.05) is 98.8 Å². The molecule has 0 aromatic heterocycles. The average Bonchev–Trinajstić information content (AvgIpc) is 2.96. The normalized spacial score (nSPS) is 24.8. The van der Waals surface area contributed by atoms with Gasteiger partial charge in [-0.15, -0.1) is 0 Å². The summed E-state index contributed by atoms with van der Waals surface area (Å²) in [6, 6.07) is 34.7. The molecule has 0 saturated carbocycles. The minimum Gasteiger partial charge on any atom is -0.453 e. The van der Waals surface area contributed by atoms with Gasteiger partial charge >= 0.3 is 11.9 Å². The van der Waals surface area contributed by atoms with Crippen molar-refractivity contribution in [1.82, 2.24) is 0 Å². The first-order valence-corrected chi connectivity index (χ1v) is 13.1. The number of hydrogen-bond donors (Lipinski definition) is 0. The minimum absolute atomic E-state index is 0.0288. The van der Waals surface area contributed by atoms with E-state index < -0.39 is 35.0 Å². The van der Waals surface area contributed by atoms with Crippen molar-refractivity contribution in [3.05, 3.63) is 143 Å². The summed E-state index contributed by atoms with van der Waals surface area (Å²) in [7, 11) is 0. The second-order valence-electron chi connectivity index (χ2n) is 10.7. The fraction of sp³-hybridized carbons (Fsp3) is 0.235. The van der Waals surface area contributed by atoms with Crippen LogP contribution in [0.3, 0.4) is 0 Å². The number of esters is 2. The van der Waals surface area contributed by atoms with Gasteiger partial charge in [0, 0.05) is 0 Å². The highest BCUT2D eigenvalue weighted by molar-refractivity contribution is 5.91. The molecule has 0 heterocycles. The maximum Gasteiger partial charge on any atom is 0.338 e. The minimum atomic E-state index is -0.741. The summed E-state index contributed by atoms with van der Waals surface area (Å²) >= 11 is 0. The van der Waals surface area contributed by atoms with Gasteiger partial charge in [0.1, 0.15) is 0 Å². The predicted octanol–water partition coefficient (Wildman–Crippen LogP) is 6.71. The van der Waals surface area contributed by atoms with Crippen LogP contribution < -0.4 is 0 Å². The van der Waals surface area contributed by atoms with Gasteiger partial charge in [-0.2, -0.15) is 0 Å². The molecular formula is C34H30O4. The van der Waals surface area contributed by atoms with Crippen molar-refractivity contribution >= 4 is 11.9 Å². The zero-order valence-electron chi connectivity index (χ0n) is 21.8. The van der Waals surface area contributed by atoms with Gasteiger partial charge in [-0.25, -0.2) is 9.59 Å². The molecule has 4 nitrogen and oxygen atoms in total. The number of carbonyl (C=O) groups excluding carboxylic acids is 2. The molecule has 0 amide bonds. The molecule has 4 heteroatoms. The van der Waals surface area contributed by atoms with Crippen LogP contribution in [-0.4, -0.2) is 24.1 Å². The van der Waals surface area contributed by atoms with Crippen molar-refractivity contribution in [2.24, 2.45) is 5.92 Å². The highest BCUT2D eigenvalue weighted by atomic mass is 16.6. The Kier molecular flexibility index (Phi) is 5.71. The second-order valence-corrected chi connectivity index (χ2v) is 10.7. The SMILES string of the molecule is CC(C)C12c3ccccc3C(C)(c3ccccc31)C(OC(=O)c1ccccc1)C2OC(=O)c1ccccc1. The Hall–Kier alpha value is -4.18. The Labute approximate surface area is 223 Å². The molecule has 4 aromatic carbocycles. The fourth-order valence-electron chi connectivity index (χ4n) is 6.84. The van der Waals surface area contributed by atoms with E-state index in [1.54, 1.807) is 24.3 Å². The average molecular weight is 503 g/mol. The van der Waals surface area contributed by atoms with Crippen molar-refractivity contribution in [1.29, 1.82) is 0 Å². The van der Waals surface area contributed by atoms with Crippen LogP contribution in [0.2, 0.25) is 0 Å². The van der Waals surface area contributed by atoms with Crippen molar-refractivity contribution in [2.45, 2.75) is 43.8 Å². The van der Waals surface area contributed by atoms with Crippen LogP contribution in [0.15, 0.2) is 109 Å². The standard InChI is InChI=1S/C34H30O4/c1-22(2)34-27-20-12-10-18-25(27)33(3,26-19-11-13-21-28(26)34)29(37-31(35)23-14-6-4-7-15-23)30(34)38-32(36)24-16-8-5-9-17-24/h4-22,29-30H,1-3H3. The molecule has 2 bridgehead atoms. The topological polar surface area (TPSA) is 52.6 Å². The number of carbonyl (C=O) groups is 2. The van der Waals surface area contributed by atoms with Crippen molar-refractivity contribution in [2.75, 3.05) is 0 Å². The monoisotopic (exact) mass is 502 g/mol. The number of fused-ring (bicyclic) bond motifs is 1. The summed E-state index contributed by atoms with van der Waals surface area (Å²) < 4.78 is 12.9. The Balaban J connectivity index is 1.60. The molecule has 0 radical (unpaired) electrons. The maximum absolute atomic E-state index is 13.6. The largest absolute Gasteiger partial charge is 0.453 e. The Morgan fingerprint density at radius 2 is 0.947 bits per heavy atom. The van der Waals surface area contributed by atoms with Gasteiger partial charge in [0.25, 0.3) is 0 Å². The van der Waals surface area contributed by atoms with Crippen LogP contribution in [0, 0.1) is 5.92 Å². The summed E-state index contributed by atoms with van der Waals surface area (Å²) in [5, 5.41) is 0. The first-order valence-electron chi connectivity index (χ1n) is 13.1. The molecule has 0 saturated heterocycles. The summed E-state index contributed by atoms with van der Waals surface area (Å²) in [5.41, 5.74) is 3.93. The van der Waals surface area contributed by atoms with Crippen LogP contribution in [-0.2, 0) is 20.3 Å². The van der Waals surface area contributed by atoms with Gasteiger partial charge in [0.05, 0.1) is 22.0 Å². The van der Waals surface area contributed by atoms with Gasteiger partial charge in [0.15, 0.2) is 12.2 Å². The molecular weight excluding hydrogens is 472 g/mol. The van der Waals surface area contributed by atoms with Crippen LogP contribution in [0.4, 0.5) is 0 Å². The van der Waals surface area contributed by atoms with E-state index in [1.807, 2.05) is 60.7 Å². The first-order chi connectivity index (χ1) is 18.4. The lowest BCUT2D eigenvalue weighted by Gasteiger charge is -2.62. The van der Waals surface area contributed by atoms with E-state index in [-0.39, 0.29) is 5.92 Å². The van der Waals surface area contributed by atoms with E-state index in [0.717, 1.165) is 22.3 Å². The third-order valence-electron chi connectivity index (χ3n) is 8.55. The summed E-state index contributed by atoms with van der Waals surface area (Å²) in [5.74, 6) is -0.831. The Morgan fingerprint density at radius 1 is 0.579 bits per heavy atom. The molecule has 3 aliphatic carbocycles. The van der Waals surface area contributed by atoms with E-state index in [2.05, 4.69) is 45.0 Å². The zero-order chi connectivity index (χ0) is 26.5. The van der Waals surface area contributed by atoms with Gasteiger partial charge in [-0.05, 0) is 59.4 Å². The van der Waals surface area contributed by atoms with E-state index in [0.29, 0.717) is 11.1 Å². The third kappa shape index (κ3) is 3.29. The Morgan fingerprint density at radius 3 is 1.37 bits per heavy atom. The smallest absolute Gasteiger partial charge is 0.338 e. The lowest BCUT2D eigenvalue weighted by atomic mass is 9.44. The molecule has 7 rings (SSSR count). The van der Waals surface area contributed by atoms with Crippen LogP contribution in [0.25, 0.3) is 0 Å². The van der Waals surface area contributed by atoms with Gasteiger partial charge in [0.2, 0.25) is 0 Å². The molecule has 2 atom stereocenters. The van der Waals surface area contributed by atoms with E-state index in [9.17, 15) is 9.59 Å². The summed E-state index contributed by atoms with van der Waals surface area (Å²) in [4.78, 5) is 27.2. The van der Waals surface area contributed by atoms with Gasteiger partial charge < -0.3 is 9.47 Å². The molecule has 38 heavy (non-hydrogen) atoms. The summed E-state index contributed by atoms with van der Waals surface area (Å²) in [6.07, 6.45) is -1.48. The lowest BCUT2D eigenvalue weighted by Crippen LogP contribution is -2.68. The molecule has 4 aromatic rings. The molecule has 2 unspecified atom stereocenters. The highest BCUT2D eigenvalue weighted by Gasteiger charge is 2.68. The van der Waals surface area contributed by atoms with Crippen molar-refractivity contribution in [3.8, 4) is 0 Å². The van der Waals surface area contributed by atoms with Crippen molar-refractivity contribution < 1.29 is 19.1 Å². The number of ether oxygens (including phenoxy) is 2. The zero-order valence-corrected chi connectivity index (χ0v) is 21.8. The van der Waals surface area contributed by atoms with Crippen LogP contribution >= 0.6 is 0 Å². The lowest BCUT2D eigenvalue weighted by molar-refractivity contribution is -0.103. The molecule has 0 fully saturated rings. The van der Waals surface area contributed by atoms with Gasteiger partial charge in [-0.3, -0.25) is 0 Å². The molecule has 0 N–H and O–H groups in total. The quantitative estimate of drug-likeness (QED) is 0.285. The second kappa shape index (κ2) is 8.98. The number of rotatable bonds is 5. The van der Waals surface area contributed by atoms with Crippen molar-refractivity contribution in [3.63, 3.8) is 0 Å². The van der Waals surface area contributed by atoms with Crippen LogP contribution in [0.5, 0.6) is 0 Å². The van der Waals surface area contributed by atoms with Crippen LogP contribution in [0.1, 0.15) is 63.7 Å². The third-order valence-corrected chi connectivity index (χ3v) is 8.55. The molecule has 0 aliphatic heterocycles. The number of hydrogen-bond acceptors (Lipinski definition) is 4. The predicted molar refractivity (Wildman–Crippen MR) is 146 cm³/mol. The Bertz CT molecular complexity index is 1460. The van der Waals surface area contributed by atoms with E-state index in [4.69, 9.17) is 9.47 Å². The first kappa shape index (κ1) is 24.2. The molecule has 190 valence electrons. The molecule has 0 spiro atoms.